The summed E-state index contributed by atoms with van der Waals surface area (Å²) < 4.78 is 11.2. The number of ketones is 1. The first-order valence-electron chi connectivity index (χ1n) is 10.4. The van der Waals surface area contributed by atoms with Crippen molar-refractivity contribution in [2.24, 2.45) is 0 Å². The molecular weight excluding hydrogens is 406 g/mol. The summed E-state index contributed by atoms with van der Waals surface area (Å²) in [5.41, 5.74) is 2.11. The average molecular weight is 427 g/mol. The first-order valence-corrected chi connectivity index (χ1v) is 10.4. The predicted molar refractivity (Wildman–Crippen MR) is 118 cm³/mol. The number of hydrogen-bond acceptors (Lipinski definition) is 5. The minimum Gasteiger partial charge on any atom is -0.507 e. The molecule has 0 aliphatic carbocycles. The molecule has 1 atom stereocenters. The maximum atomic E-state index is 13.1. The van der Waals surface area contributed by atoms with Crippen LogP contribution in [-0.2, 0) is 16.1 Å². The van der Waals surface area contributed by atoms with Crippen molar-refractivity contribution in [1.29, 1.82) is 0 Å². The molecule has 1 saturated heterocycles. The van der Waals surface area contributed by atoms with Crippen LogP contribution in [0.3, 0.4) is 0 Å². The van der Waals surface area contributed by atoms with Crippen molar-refractivity contribution < 1.29 is 24.2 Å². The third kappa shape index (κ3) is 3.50. The number of ether oxygens (including phenoxy) is 2. The van der Waals surface area contributed by atoms with Gasteiger partial charge >= 0.3 is 0 Å². The molecule has 1 N–H and O–H groups in total. The second-order valence-electron chi connectivity index (χ2n) is 7.68. The van der Waals surface area contributed by atoms with Crippen LogP contribution in [0, 0.1) is 0 Å². The number of carbonyl (C=O) groups is 2. The summed E-state index contributed by atoms with van der Waals surface area (Å²) in [5.74, 6) is -0.499. The molecule has 0 radical (unpaired) electrons. The van der Waals surface area contributed by atoms with E-state index in [0.717, 1.165) is 11.1 Å². The van der Waals surface area contributed by atoms with E-state index in [1.165, 1.54) is 4.90 Å². The Balaban J connectivity index is 1.62. The molecule has 6 nitrogen and oxygen atoms in total. The van der Waals surface area contributed by atoms with E-state index in [1.54, 1.807) is 18.2 Å². The van der Waals surface area contributed by atoms with Crippen molar-refractivity contribution >= 4 is 17.4 Å². The van der Waals surface area contributed by atoms with Crippen LogP contribution in [0.2, 0.25) is 0 Å². The molecule has 1 unspecified atom stereocenters. The highest BCUT2D eigenvalue weighted by atomic mass is 16.6. The summed E-state index contributed by atoms with van der Waals surface area (Å²) in [6.07, 6.45) is 0. The molecule has 0 bridgehead atoms. The number of amides is 1. The molecule has 0 aromatic heterocycles. The van der Waals surface area contributed by atoms with Gasteiger partial charge < -0.3 is 19.5 Å². The quantitative estimate of drug-likeness (QED) is 0.386. The van der Waals surface area contributed by atoms with Crippen LogP contribution in [0.15, 0.2) is 84.4 Å². The number of likely N-dealkylation sites (tertiary alicyclic amines) is 1. The van der Waals surface area contributed by atoms with Gasteiger partial charge in [-0.2, -0.15) is 0 Å². The highest BCUT2D eigenvalue weighted by Gasteiger charge is 2.46. The molecule has 3 aromatic carbocycles. The molecular formula is C26H21NO5. The SMILES string of the molecule is O=C1C(=O)N(Cc2ccccc2)C(c2ccccc2)/C1=C(/O)c1ccc2c(c1)OCCO2. The molecule has 2 aliphatic rings. The van der Waals surface area contributed by atoms with Gasteiger partial charge in [-0.05, 0) is 29.3 Å². The predicted octanol–water partition coefficient (Wildman–Crippen LogP) is 4.08. The van der Waals surface area contributed by atoms with Gasteiger partial charge in [-0.15, -0.1) is 0 Å². The number of nitrogens with zero attached hydrogens (tertiary/aromatic N) is 1. The summed E-state index contributed by atoms with van der Waals surface area (Å²) >= 11 is 0. The summed E-state index contributed by atoms with van der Waals surface area (Å²) in [6, 6.07) is 23.0. The van der Waals surface area contributed by atoms with Crippen LogP contribution in [0.1, 0.15) is 22.7 Å². The monoisotopic (exact) mass is 427 g/mol. The molecule has 0 saturated carbocycles. The molecule has 1 amide bonds. The normalized spacial score (nSPS) is 19.2. The van der Waals surface area contributed by atoms with E-state index in [1.807, 2.05) is 60.7 Å². The number of hydrogen-bond donors (Lipinski definition) is 1. The van der Waals surface area contributed by atoms with Crippen LogP contribution >= 0.6 is 0 Å². The number of aliphatic hydroxyl groups is 1. The second-order valence-corrected chi connectivity index (χ2v) is 7.68. The van der Waals surface area contributed by atoms with E-state index in [2.05, 4.69) is 0 Å². The summed E-state index contributed by atoms with van der Waals surface area (Å²) in [4.78, 5) is 27.7. The highest BCUT2D eigenvalue weighted by Crippen LogP contribution is 2.41. The molecule has 0 spiro atoms. The Kier molecular flexibility index (Phi) is 5.11. The van der Waals surface area contributed by atoms with Gasteiger partial charge in [0, 0.05) is 12.1 Å². The lowest BCUT2D eigenvalue weighted by Gasteiger charge is -2.25. The van der Waals surface area contributed by atoms with E-state index in [0.29, 0.717) is 30.3 Å². The van der Waals surface area contributed by atoms with Crippen LogP contribution in [0.5, 0.6) is 11.5 Å². The minimum absolute atomic E-state index is 0.0637. The number of Topliss-reactive ketones (excluding diaryl/α,β-unsaturated/α-hetero) is 1. The Morgan fingerprint density at radius 2 is 1.53 bits per heavy atom. The molecule has 6 heteroatoms. The molecule has 32 heavy (non-hydrogen) atoms. The Bertz CT molecular complexity index is 1200. The largest absolute Gasteiger partial charge is 0.507 e. The topological polar surface area (TPSA) is 76.1 Å². The van der Waals surface area contributed by atoms with Gasteiger partial charge in [0.25, 0.3) is 11.7 Å². The Morgan fingerprint density at radius 1 is 0.875 bits per heavy atom. The minimum atomic E-state index is -0.706. The number of aliphatic hydroxyl groups excluding tert-OH is 1. The van der Waals surface area contributed by atoms with Crippen molar-refractivity contribution in [2.45, 2.75) is 12.6 Å². The zero-order valence-electron chi connectivity index (χ0n) is 17.2. The third-order valence-corrected chi connectivity index (χ3v) is 5.67. The molecule has 2 heterocycles. The van der Waals surface area contributed by atoms with E-state index < -0.39 is 17.7 Å². The third-order valence-electron chi connectivity index (χ3n) is 5.67. The van der Waals surface area contributed by atoms with Gasteiger partial charge in [-0.25, -0.2) is 0 Å². The van der Waals surface area contributed by atoms with Gasteiger partial charge in [-0.3, -0.25) is 9.59 Å². The maximum Gasteiger partial charge on any atom is 0.295 e. The molecule has 3 aromatic rings. The van der Waals surface area contributed by atoms with Crippen molar-refractivity contribution in [3.8, 4) is 11.5 Å². The summed E-state index contributed by atoms with van der Waals surface area (Å²) in [7, 11) is 0. The summed E-state index contributed by atoms with van der Waals surface area (Å²) in [6.45, 7) is 1.11. The van der Waals surface area contributed by atoms with Crippen molar-refractivity contribution in [1.82, 2.24) is 4.90 Å². The first kappa shape index (κ1) is 19.9. The zero-order valence-corrected chi connectivity index (χ0v) is 17.2. The van der Waals surface area contributed by atoms with Crippen LogP contribution < -0.4 is 9.47 Å². The van der Waals surface area contributed by atoms with Gasteiger partial charge in [-0.1, -0.05) is 60.7 Å². The lowest BCUT2D eigenvalue weighted by atomic mass is 9.95. The van der Waals surface area contributed by atoms with E-state index in [9.17, 15) is 14.7 Å². The maximum absolute atomic E-state index is 13.1. The second kappa shape index (κ2) is 8.23. The number of carbonyl (C=O) groups excluding carboxylic acids is 2. The van der Waals surface area contributed by atoms with Gasteiger partial charge in [0.15, 0.2) is 11.5 Å². The van der Waals surface area contributed by atoms with Crippen LogP contribution in [0.4, 0.5) is 0 Å². The highest BCUT2D eigenvalue weighted by molar-refractivity contribution is 6.46. The van der Waals surface area contributed by atoms with Crippen molar-refractivity contribution in [2.75, 3.05) is 13.2 Å². The standard InChI is InChI=1S/C26H21NO5/c28-24(19-11-12-20-21(15-19)32-14-13-31-20)22-23(18-9-5-2-6-10-18)27(26(30)25(22)29)16-17-7-3-1-4-8-17/h1-12,15,23,28H,13-14,16H2/b24-22-. The number of benzene rings is 3. The zero-order chi connectivity index (χ0) is 22.1. The number of rotatable bonds is 4. The lowest BCUT2D eigenvalue weighted by Crippen LogP contribution is -2.29. The molecule has 5 rings (SSSR count). The van der Waals surface area contributed by atoms with E-state index in [4.69, 9.17) is 9.47 Å². The van der Waals surface area contributed by atoms with Gasteiger partial charge in [0.2, 0.25) is 0 Å². The molecule has 160 valence electrons. The van der Waals surface area contributed by atoms with Gasteiger partial charge in [0.05, 0.1) is 11.6 Å². The molecule has 1 fully saturated rings. The fourth-order valence-electron chi connectivity index (χ4n) is 4.15. The first-order chi connectivity index (χ1) is 15.6. The van der Waals surface area contributed by atoms with Gasteiger partial charge in [0.1, 0.15) is 19.0 Å². The molecule has 2 aliphatic heterocycles. The fourth-order valence-corrected chi connectivity index (χ4v) is 4.15. The van der Waals surface area contributed by atoms with Crippen molar-refractivity contribution in [3.05, 3.63) is 101 Å². The number of fused-ring (bicyclic) bond motifs is 1. The average Bonchev–Trinajstić information content (AvgIpc) is 3.09. The van der Waals surface area contributed by atoms with Crippen LogP contribution in [-0.4, -0.2) is 34.9 Å². The Labute approximate surface area is 185 Å². The smallest absolute Gasteiger partial charge is 0.295 e. The fraction of sp³-hybridized carbons (Fsp3) is 0.154. The van der Waals surface area contributed by atoms with Crippen LogP contribution in [0.25, 0.3) is 5.76 Å². The van der Waals surface area contributed by atoms with E-state index in [-0.39, 0.29) is 17.9 Å². The lowest BCUT2D eigenvalue weighted by molar-refractivity contribution is -0.140. The Hall–Kier alpha value is -4.06. The van der Waals surface area contributed by atoms with E-state index >= 15 is 0 Å². The summed E-state index contributed by atoms with van der Waals surface area (Å²) in [5, 5.41) is 11.2. The van der Waals surface area contributed by atoms with Crippen molar-refractivity contribution in [3.63, 3.8) is 0 Å². The Morgan fingerprint density at radius 3 is 2.25 bits per heavy atom.